The minimum Gasteiger partial charge on any atom is -0.350 e. The number of carbonyl (C=O) groups is 1. The molecule has 0 radical (unpaired) electrons. The van der Waals surface area contributed by atoms with Crippen LogP contribution >= 0.6 is 22.9 Å². The van der Waals surface area contributed by atoms with Crippen molar-refractivity contribution < 1.29 is 18.0 Å². The SMILES string of the molecule is Cn1cc(C(=O)Nc2nnc(C(F)(F)F)s2)c(=O)c2cc(Cl)ccc21. The van der Waals surface area contributed by atoms with Crippen LogP contribution in [0.2, 0.25) is 5.02 Å². The second-order valence-electron chi connectivity index (χ2n) is 5.01. The number of aryl methyl sites for hydroxylation is 1. The Morgan fingerprint density at radius 1 is 1.32 bits per heavy atom. The molecule has 1 aromatic carbocycles. The number of fused-ring (bicyclic) bond motifs is 1. The molecule has 3 aromatic rings. The Hall–Kier alpha value is -2.46. The number of rotatable bonds is 2. The van der Waals surface area contributed by atoms with Gasteiger partial charge < -0.3 is 4.57 Å². The number of hydrogen-bond donors (Lipinski definition) is 1. The number of benzene rings is 1. The van der Waals surface area contributed by atoms with E-state index in [4.69, 9.17) is 11.6 Å². The zero-order valence-corrected chi connectivity index (χ0v) is 14.0. The van der Waals surface area contributed by atoms with Crippen molar-refractivity contribution in [1.82, 2.24) is 14.8 Å². The first kappa shape index (κ1) is 17.4. The highest BCUT2D eigenvalue weighted by Crippen LogP contribution is 2.33. The summed E-state index contributed by atoms with van der Waals surface area (Å²) < 4.78 is 39.1. The van der Waals surface area contributed by atoms with E-state index < -0.39 is 22.5 Å². The van der Waals surface area contributed by atoms with Gasteiger partial charge in [-0.05, 0) is 18.2 Å². The lowest BCUT2D eigenvalue weighted by atomic mass is 10.1. The number of aromatic nitrogens is 3. The summed E-state index contributed by atoms with van der Waals surface area (Å²) >= 11 is 6.05. The van der Waals surface area contributed by atoms with Gasteiger partial charge in [-0.15, -0.1) is 10.2 Å². The third kappa shape index (κ3) is 3.35. The van der Waals surface area contributed by atoms with Gasteiger partial charge in [0.25, 0.3) is 5.91 Å². The van der Waals surface area contributed by atoms with Crippen molar-refractivity contribution in [2.75, 3.05) is 5.32 Å². The molecular weight excluding hydrogens is 381 g/mol. The van der Waals surface area contributed by atoms with E-state index in [0.717, 1.165) is 0 Å². The molecule has 0 saturated carbocycles. The van der Waals surface area contributed by atoms with Gasteiger partial charge in [0.1, 0.15) is 5.56 Å². The molecule has 0 aliphatic heterocycles. The molecule has 25 heavy (non-hydrogen) atoms. The first-order valence-electron chi connectivity index (χ1n) is 6.68. The minimum absolute atomic E-state index is 0.170. The highest BCUT2D eigenvalue weighted by molar-refractivity contribution is 7.15. The number of carbonyl (C=O) groups excluding carboxylic acids is 1. The molecule has 0 fully saturated rings. The van der Waals surface area contributed by atoms with Gasteiger partial charge in [-0.25, -0.2) is 0 Å². The predicted octanol–water partition coefficient (Wildman–Crippen LogP) is 3.31. The van der Waals surface area contributed by atoms with Crippen molar-refractivity contribution in [2.24, 2.45) is 7.05 Å². The number of alkyl halides is 3. The summed E-state index contributed by atoms with van der Waals surface area (Å²) in [5.41, 5.74) is -0.282. The summed E-state index contributed by atoms with van der Waals surface area (Å²) in [6.45, 7) is 0. The van der Waals surface area contributed by atoms with Crippen molar-refractivity contribution >= 4 is 44.9 Å². The van der Waals surface area contributed by atoms with E-state index >= 15 is 0 Å². The van der Waals surface area contributed by atoms with Crippen molar-refractivity contribution in [1.29, 1.82) is 0 Å². The second-order valence-corrected chi connectivity index (χ2v) is 6.42. The van der Waals surface area contributed by atoms with Crippen molar-refractivity contribution in [2.45, 2.75) is 6.18 Å². The van der Waals surface area contributed by atoms with Crippen LogP contribution < -0.4 is 10.7 Å². The van der Waals surface area contributed by atoms with Crippen LogP contribution in [0.4, 0.5) is 18.3 Å². The smallest absolute Gasteiger partial charge is 0.350 e. The molecule has 1 amide bonds. The Morgan fingerprint density at radius 2 is 2.04 bits per heavy atom. The molecule has 2 aromatic heterocycles. The van der Waals surface area contributed by atoms with E-state index in [0.29, 0.717) is 10.5 Å². The fraction of sp³-hybridized carbons (Fsp3) is 0.143. The molecule has 0 atom stereocenters. The van der Waals surface area contributed by atoms with Gasteiger partial charge in [-0.1, -0.05) is 22.9 Å². The van der Waals surface area contributed by atoms with Gasteiger partial charge in [0.05, 0.1) is 5.52 Å². The molecule has 11 heteroatoms. The zero-order chi connectivity index (χ0) is 18.4. The monoisotopic (exact) mass is 388 g/mol. The van der Waals surface area contributed by atoms with Gasteiger partial charge in [-0.3, -0.25) is 14.9 Å². The van der Waals surface area contributed by atoms with E-state index in [1.165, 1.54) is 12.3 Å². The van der Waals surface area contributed by atoms with Gasteiger partial charge >= 0.3 is 6.18 Å². The number of anilines is 1. The maximum atomic E-state index is 12.5. The summed E-state index contributed by atoms with van der Waals surface area (Å²) in [6, 6.07) is 4.65. The highest BCUT2D eigenvalue weighted by Gasteiger charge is 2.35. The Bertz CT molecular complexity index is 1040. The van der Waals surface area contributed by atoms with Gasteiger partial charge in [0, 0.05) is 23.7 Å². The minimum atomic E-state index is -4.66. The third-order valence-electron chi connectivity index (χ3n) is 3.28. The van der Waals surface area contributed by atoms with Gasteiger partial charge in [0.2, 0.25) is 15.6 Å². The van der Waals surface area contributed by atoms with E-state index in [-0.39, 0.29) is 27.4 Å². The molecule has 2 heterocycles. The molecule has 0 aliphatic carbocycles. The van der Waals surface area contributed by atoms with Crippen LogP contribution in [0.5, 0.6) is 0 Å². The van der Waals surface area contributed by atoms with E-state index in [1.807, 2.05) is 0 Å². The standard InChI is InChI=1S/C14H8ClF3N4O2S/c1-22-5-8(10(23)7-4-6(15)2-3-9(7)22)11(24)19-13-21-20-12(25-13)14(16,17)18/h2-5H,1H3,(H,19,21,24). The lowest BCUT2D eigenvalue weighted by Crippen LogP contribution is -2.23. The number of nitrogens with zero attached hydrogens (tertiary/aromatic N) is 3. The first-order valence-corrected chi connectivity index (χ1v) is 7.87. The van der Waals surface area contributed by atoms with Crippen LogP contribution in [-0.2, 0) is 13.2 Å². The number of nitrogens with one attached hydrogen (secondary N) is 1. The zero-order valence-electron chi connectivity index (χ0n) is 12.4. The maximum Gasteiger partial charge on any atom is 0.445 e. The lowest BCUT2D eigenvalue weighted by Gasteiger charge is -2.08. The second kappa shape index (κ2) is 6.12. The van der Waals surface area contributed by atoms with E-state index in [1.54, 1.807) is 23.7 Å². The summed E-state index contributed by atoms with van der Waals surface area (Å²) in [5.74, 6) is -0.882. The third-order valence-corrected chi connectivity index (χ3v) is 4.40. The average Bonchev–Trinajstić information content (AvgIpc) is 2.99. The molecule has 0 bridgehead atoms. The summed E-state index contributed by atoms with van der Waals surface area (Å²) in [6.07, 6.45) is -3.36. The van der Waals surface area contributed by atoms with Crippen LogP contribution in [0.1, 0.15) is 15.4 Å². The molecule has 1 N–H and O–H groups in total. The fourth-order valence-corrected chi connectivity index (χ4v) is 2.96. The summed E-state index contributed by atoms with van der Waals surface area (Å²) in [7, 11) is 1.62. The Labute approximate surface area is 146 Å². The maximum absolute atomic E-state index is 12.5. The number of pyridine rings is 1. The van der Waals surface area contributed by atoms with Crippen molar-refractivity contribution in [3.63, 3.8) is 0 Å². The Morgan fingerprint density at radius 3 is 2.68 bits per heavy atom. The average molecular weight is 389 g/mol. The Kier molecular flexibility index (Phi) is 4.25. The number of hydrogen-bond acceptors (Lipinski definition) is 5. The van der Waals surface area contributed by atoms with Gasteiger partial charge in [-0.2, -0.15) is 13.2 Å². The molecule has 130 valence electrons. The van der Waals surface area contributed by atoms with Crippen LogP contribution in [0.3, 0.4) is 0 Å². The van der Waals surface area contributed by atoms with Gasteiger partial charge in [0.15, 0.2) is 0 Å². The molecule has 0 aliphatic rings. The molecule has 0 unspecified atom stereocenters. The fourth-order valence-electron chi connectivity index (χ4n) is 2.18. The van der Waals surface area contributed by atoms with Crippen molar-refractivity contribution in [3.8, 4) is 0 Å². The predicted molar refractivity (Wildman–Crippen MR) is 87.1 cm³/mol. The highest BCUT2D eigenvalue weighted by atomic mass is 35.5. The van der Waals surface area contributed by atoms with Crippen LogP contribution in [0.25, 0.3) is 10.9 Å². The normalized spacial score (nSPS) is 11.7. The number of halogens is 4. The van der Waals surface area contributed by atoms with Crippen molar-refractivity contribution in [3.05, 3.63) is 50.2 Å². The molecule has 0 spiro atoms. The lowest BCUT2D eigenvalue weighted by molar-refractivity contribution is -0.138. The first-order chi connectivity index (χ1) is 11.7. The van der Waals surface area contributed by atoms with Crippen LogP contribution in [-0.4, -0.2) is 20.7 Å². The quantitative estimate of drug-likeness (QED) is 0.730. The Balaban J connectivity index is 1.99. The molecular formula is C14H8ClF3N4O2S. The largest absolute Gasteiger partial charge is 0.445 e. The van der Waals surface area contributed by atoms with E-state index in [9.17, 15) is 22.8 Å². The topological polar surface area (TPSA) is 76.9 Å². The summed E-state index contributed by atoms with van der Waals surface area (Å²) in [4.78, 5) is 24.8. The molecule has 0 saturated heterocycles. The number of amides is 1. The van der Waals surface area contributed by atoms with E-state index in [2.05, 4.69) is 15.5 Å². The molecule has 6 nitrogen and oxygen atoms in total. The summed E-state index contributed by atoms with van der Waals surface area (Å²) in [5, 5.41) is 7.37. The van der Waals surface area contributed by atoms with Crippen LogP contribution in [0.15, 0.2) is 29.2 Å². The van der Waals surface area contributed by atoms with Crippen LogP contribution in [0, 0.1) is 0 Å². The molecule has 3 rings (SSSR count).